The molecule has 0 aromatic heterocycles. The van der Waals surface area contributed by atoms with Crippen LogP contribution in [0.1, 0.15) is 25.7 Å². The topological polar surface area (TPSA) is 122 Å². The third-order valence-corrected chi connectivity index (χ3v) is 5.40. The molecule has 11 heteroatoms. The van der Waals surface area contributed by atoms with E-state index in [4.69, 9.17) is 26.6 Å². The maximum atomic E-state index is 12.3. The van der Waals surface area contributed by atoms with Gasteiger partial charge in [0, 0.05) is 36.1 Å². The van der Waals surface area contributed by atoms with Crippen molar-refractivity contribution in [3.05, 3.63) is 10.4 Å². The number of morpholine rings is 1. The zero-order valence-electron chi connectivity index (χ0n) is 12.8. The molecule has 9 nitrogen and oxygen atoms in total. The molecule has 0 aromatic rings. The summed E-state index contributed by atoms with van der Waals surface area (Å²) in [6.45, 7) is 1.71. The van der Waals surface area contributed by atoms with Crippen LogP contribution in [0.3, 0.4) is 0 Å². The number of carbonyl (C=O) groups is 1. The minimum atomic E-state index is -3.53. The van der Waals surface area contributed by atoms with E-state index in [0.29, 0.717) is 52.1 Å². The van der Waals surface area contributed by atoms with Gasteiger partial charge in [-0.25, -0.2) is 13.2 Å². The van der Waals surface area contributed by atoms with Gasteiger partial charge in [-0.2, -0.15) is 4.31 Å². The van der Waals surface area contributed by atoms with E-state index in [1.165, 1.54) is 4.31 Å². The summed E-state index contributed by atoms with van der Waals surface area (Å²) in [6.07, 6.45) is 1.69. The molecule has 1 aliphatic heterocycles. The van der Waals surface area contributed by atoms with Crippen LogP contribution in [0.5, 0.6) is 0 Å². The maximum absolute atomic E-state index is 12.3. The normalized spacial score (nSPS) is 17.3. The Bertz CT molecular complexity index is 518. The van der Waals surface area contributed by atoms with Crippen molar-refractivity contribution in [1.29, 1.82) is 0 Å². The van der Waals surface area contributed by atoms with E-state index in [2.05, 4.69) is 10.0 Å². The minimum absolute atomic E-state index is 0.290. The summed E-state index contributed by atoms with van der Waals surface area (Å²) in [5.74, 6) is -0.290. The Hall–Kier alpha value is -1.06. The molecule has 1 atom stereocenters. The summed E-state index contributed by atoms with van der Waals surface area (Å²) in [5.41, 5.74) is 7.15. The number of ether oxygens (including phenoxy) is 2. The zero-order chi connectivity index (χ0) is 17.1. The number of sulfonamides is 1. The van der Waals surface area contributed by atoms with Crippen LogP contribution in [0.15, 0.2) is 5.11 Å². The molecule has 0 aromatic carbocycles. The van der Waals surface area contributed by atoms with Crippen LogP contribution in [0.2, 0.25) is 0 Å². The van der Waals surface area contributed by atoms with E-state index in [9.17, 15) is 13.2 Å². The summed E-state index contributed by atoms with van der Waals surface area (Å²) in [5, 5.41) is 3.42. The molecule has 132 valence electrons. The highest BCUT2D eigenvalue weighted by Crippen LogP contribution is 2.15. The standard InChI is InChI=1S/C12H21ClN4O5S/c13-12(18)22-11(4-2-1-3-5-15-16-14)10-23(19,20)17-6-8-21-9-7-17/h11H,1-10H2. The molecule has 23 heavy (non-hydrogen) atoms. The Kier molecular flexibility index (Phi) is 9.27. The Morgan fingerprint density at radius 2 is 2.04 bits per heavy atom. The first-order chi connectivity index (χ1) is 11.0. The number of hydrogen-bond donors (Lipinski definition) is 0. The third-order valence-electron chi connectivity index (χ3n) is 3.37. The number of carbonyl (C=O) groups excluding carboxylic acids is 1. The van der Waals surface area contributed by atoms with Gasteiger partial charge >= 0.3 is 5.43 Å². The SMILES string of the molecule is [N-]=[N+]=NCCCCCC(CS(=O)(=O)N1CCOCC1)OC(=O)Cl. The molecule has 0 amide bonds. The van der Waals surface area contributed by atoms with Crippen molar-refractivity contribution in [2.45, 2.75) is 31.8 Å². The fraction of sp³-hybridized carbons (Fsp3) is 0.917. The van der Waals surface area contributed by atoms with Crippen molar-refractivity contribution in [2.24, 2.45) is 5.11 Å². The van der Waals surface area contributed by atoms with Crippen molar-refractivity contribution in [3.8, 4) is 0 Å². The first-order valence-corrected chi connectivity index (χ1v) is 9.37. The van der Waals surface area contributed by atoms with Gasteiger partial charge in [0.05, 0.1) is 13.2 Å². The molecule has 0 N–H and O–H groups in total. The van der Waals surface area contributed by atoms with Gasteiger partial charge in [0.1, 0.15) is 11.9 Å². The maximum Gasteiger partial charge on any atom is 0.404 e. The van der Waals surface area contributed by atoms with Crippen LogP contribution in [0.25, 0.3) is 10.4 Å². The van der Waals surface area contributed by atoms with Crippen LogP contribution < -0.4 is 0 Å². The van der Waals surface area contributed by atoms with Crippen LogP contribution >= 0.6 is 11.6 Å². The average molecular weight is 369 g/mol. The van der Waals surface area contributed by atoms with E-state index in [-0.39, 0.29) is 5.75 Å². The van der Waals surface area contributed by atoms with Crippen molar-refractivity contribution in [1.82, 2.24) is 4.31 Å². The van der Waals surface area contributed by atoms with Gasteiger partial charge in [0.2, 0.25) is 10.0 Å². The zero-order valence-corrected chi connectivity index (χ0v) is 14.3. The lowest BCUT2D eigenvalue weighted by Crippen LogP contribution is -2.44. The minimum Gasteiger partial charge on any atom is -0.449 e. The predicted molar refractivity (Wildman–Crippen MR) is 84.8 cm³/mol. The first kappa shape index (κ1) is 20.0. The molecule has 1 rings (SSSR count). The molecule has 1 fully saturated rings. The van der Waals surface area contributed by atoms with E-state index >= 15 is 0 Å². The second kappa shape index (κ2) is 10.7. The smallest absolute Gasteiger partial charge is 0.404 e. The van der Waals surface area contributed by atoms with Gasteiger partial charge in [-0.15, -0.1) is 0 Å². The molecule has 1 unspecified atom stereocenters. The molecule has 1 heterocycles. The lowest BCUT2D eigenvalue weighted by atomic mass is 10.1. The highest BCUT2D eigenvalue weighted by molar-refractivity contribution is 7.89. The number of rotatable bonds is 10. The fourth-order valence-corrected chi connectivity index (χ4v) is 4.00. The number of azide groups is 1. The molecule has 1 saturated heterocycles. The number of nitrogens with zero attached hydrogens (tertiary/aromatic N) is 4. The number of unbranched alkanes of at least 4 members (excludes halogenated alkanes) is 2. The second-order valence-corrected chi connectivity index (χ2v) is 7.39. The Morgan fingerprint density at radius 1 is 1.35 bits per heavy atom. The van der Waals surface area contributed by atoms with E-state index in [1.54, 1.807) is 0 Å². The van der Waals surface area contributed by atoms with Crippen LogP contribution in [-0.4, -0.2) is 62.9 Å². The van der Waals surface area contributed by atoms with Gasteiger partial charge in [-0.1, -0.05) is 11.5 Å². The molecule has 0 spiro atoms. The van der Waals surface area contributed by atoms with Gasteiger partial charge in [-0.05, 0) is 24.8 Å². The predicted octanol–water partition coefficient (Wildman–Crippen LogP) is 2.26. The Labute approximate surface area is 140 Å². The molecule has 0 bridgehead atoms. The summed E-state index contributed by atoms with van der Waals surface area (Å²) >= 11 is 5.22. The van der Waals surface area contributed by atoms with Gasteiger partial charge < -0.3 is 9.47 Å². The van der Waals surface area contributed by atoms with Gasteiger partial charge in [0.25, 0.3) is 0 Å². The summed E-state index contributed by atoms with van der Waals surface area (Å²) in [6, 6.07) is 0. The molecular formula is C12H21ClN4O5S. The van der Waals surface area contributed by atoms with Crippen molar-refractivity contribution >= 4 is 27.1 Å². The number of hydrogen-bond acceptors (Lipinski definition) is 6. The lowest BCUT2D eigenvalue weighted by Gasteiger charge is -2.27. The monoisotopic (exact) mass is 368 g/mol. The quantitative estimate of drug-likeness (QED) is 0.192. The fourth-order valence-electron chi connectivity index (χ4n) is 2.25. The largest absolute Gasteiger partial charge is 0.449 e. The van der Waals surface area contributed by atoms with E-state index in [0.717, 1.165) is 6.42 Å². The Morgan fingerprint density at radius 3 is 2.65 bits per heavy atom. The lowest BCUT2D eigenvalue weighted by molar-refractivity contribution is 0.0718. The number of halogens is 1. The Balaban J connectivity index is 2.48. The molecular weight excluding hydrogens is 348 g/mol. The van der Waals surface area contributed by atoms with Crippen molar-refractivity contribution in [2.75, 3.05) is 38.6 Å². The second-order valence-electron chi connectivity index (χ2n) is 5.07. The summed E-state index contributed by atoms with van der Waals surface area (Å²) in [7, 11) is -3.53. The van der Waals surface area contributed by atoms with E-state index < -0.39 is 21.6 Å². The van der Waals surface area contributed by atoms with Gasteiger partial charge in [-0.3, -0.25) is 0 Å². The molecule has 0 radical (unpaired) electrons. The van der Waals surface area contributed by atoms with Crippen LogP contribution in [0.4, 0.5) is 4.79 Å². The van der Waals surface area contributed by atoms with Crippen LogP contribution in [-0.2, 0) is 19.5 Å². The van der Waals surface area contributed by atoms with Gasteiger partial charge in [0.15, 0.2) is 0 Å². The molecule has 0 saturated carbocycles. The summed E-state index contributed by atoms with van der Waals surface area (Å²) in [4.78, 5) is 13.6. The molecule has 0 aliphatic carbocycles. The first-order valence-electron chi connectivity index (χ1n) is 7.38. The summed E-state index contributed by atoms with van der Waals surface area (Å²) < 4.78 is 36.0. The average Bonchev–Trinajstić information content (AvgIpc) is 2.50. The highest BCUT2D eigenvalue weighted by atomic mass is 35.5. The van der Waals surface area contributed by atoms with E-state index in [1.807, 2.05) is 0 Å². The highest BCUT2D eigenvalue weighted by Gasteiger charge is 2.29. The van der Waals surface area contributed by atoms with Crippen molar-refractivity contribution < 1.29 is 22.7 Å². The molecule has 1 aliphatic rings. The van der Waals surface area contributed by atoms with Crippen LogP contribution in [0, 0.1) is 0 Å². The van der Waals surface area contributed by atoms with Crippen molar-refractivity contribution in [3.63, 3.8) is 0 Å². The third kappa shape index (κ3) is 8.38.